The number of hydrogen-bond acceptors (Lipinski definition) is 4. The fourth-order valence-corrected chi connectivity index (χ4v) is 1.72. The number of carbonyl (C=O) groups is 2. The number of nitrogens with zero attached hydrogens (tertiary/aromatic N) is 1. The molecule has 1 atom stereocenters. The van der Waals surface area contributed by atoms with Crippen LogP contribution in [0.15, 0.2) is 24.3 Å². The fraction of sp³-hybridized carbons (Fsp3) is 0.385. The Labute approximate surface area is 121 Å². The van der Waals surface area contributed by atoms with Crippen molar-refractivity contribution in [1.29, 1.82) is 0 Å². The molecule has 1 rings (SSSR count). The highest BCUT2D eigenvalue weighted by Crippen LogP contribution is 2.17. The van der Waals surface area contributed by atoms with Crippen molar-refractivity contribution in [2.45, 2.75) is 26.4 Å². The predicted octanol–water partition coefficient (Wildman–Crippen LogP) is 1.50. The number of amides is 2. The Morgan fingerprint density at radius 2 is 1.95 bits per heavy atom. The number of para-hydroxylation sites is 1. The van der Waals surface area contributed by atoms with Crippen LogP contribution in [0.1, 0.15) is 19.4 Å². The molecule has 3 N–H and O–H groups in total. The lowest BCUT2D eigenvalue weighted by molar-refractivity contribution is -0.385. The monoisotopic (exact) mass is 295 g/mol. The van der Waals surface area contributed by atoms with E-state index in [0.717, 1.165) is 0 Å². The number of carboxylic acid groups (broad SMARTS) is 1. The molecule has 0 bridgehead atoms. The standard InChI is InChI=1S/C13H17N3O5/c1-8(2)11(12(17)18)15-13(19)14-7-9-5-3-4-6-10(9)16(20)21/h3-6,8,11H,7H2,1-2H3,(H,17,18)(H2,14,15,19)/t11-/m1/s1. The molecule has 0 fully saturated rings. The second kappa shape index (κ2) is 7.22. The first-order valence-corrected chi connectivity index (χ1v) is 6.32. The van der Waals surface area contributed by atoms with Crippen LogP contribution in [-0.4, -0.2) is 28.1 Å². The Hall–Kier alpha value is -2.64. The van der Waals surface area contributed by atoms with Crippen LogP contribution < -0.4 is 10.6 Å². The first kappa shape index (κ1) is 16.4. The van der Waals surface area contributed by atoms with Gasteiger partial charge in [0.1, 0.15) is 6.04 Å². The van der Waals surface area contributed by atoms with Crippen molar-refractivity contribution in [1.82, 2.24) is 10.6 Å². The van der Waals surface area contributed by atoms with Crippen molar-refractivity contribution in [3.63, 3.8) is 0 Å². The lowest BCUT2D eigenvalue weighted by Gasteiger charge is -2.18. The van der Waals surface area contributed by atoms with E-state index in [1.165, 1.54) is 18.2 Å². The van der Waals surface area contributed by atoms with E-state index in [0.29, 0.717) is 5.56 Å². The van der Waals surface area contributed by atoms with E-state index in [9.17, 15) is 19.7 Å². The maximum Gasteiger partial charge on any atom is 0.326 e. The molecule has 114 valence electrons. The number of carboxylic acids is 1. The van der Waals surface area contributed by atoms with Gasteiger partial charge in [-0.3, -0.25) is 10.1 Å². The van der Waals surface area contributed by atoms with Crippen LogP contribution in [0.3, 0.4) is 0 Å². The molecule has 21 heavy (non-hydrogen) atoms. The van der Waals surface area contributed by atoms with Gasteiger partial charge < -0.3 is 15.7 Å². The zero-order chi connectivity index (χ0) is 16.0. The Kier molecular flexibility index (Phi) is 5.65. The summed E-state index contributed by atoms with van der Waals surface area (Å²) in [6.45, 7) is 3.27. The molecule has 0 heterocycles. The smallest absolute Gasteiger partial charge is 0.326 e. The number of rotatable bonds is 6. The molecule has 8 heteroatoms. The van der Waals surface area contributed by atoms with Crippen molar-refractivity contribution in [2.24, 2.45) is 5.92 Å². The summed E-state index contributed by atoms with van der Waals surface area (Å²) in [7, 11) is 0. The Bertz CT molecular complexity index is 544. The lowest BCUT2D eigenvalue weighted by atomic mass is 10.1. The Morgan fingerprint density at radius 3 is 2.48 bits per heavy atom. The van der Waals surface area contributed by atoms with Gasteiger partial charge in [0, 0.05) is 11.6 Å². The van der Waals surface area contributed by atoms with E-state index < -0.39 is 23.0 Å². The van der Waals surface area contributed by atoms with Crippen LogP contribution in [0.25, 0.3) is 0 Å². The van der Waals surface area contributed by atoms with Crippen molar-refractivity contribution in [2.75, 3.05) is 0 Å². The van der Waals surface area contributed by atoms with Gasteiger partial charge in [-0.1, -0.05) is 32.0 Å². The molecule has 1 aromatic rings. The molecule has 0 saturated carbocycles. The van der Waals surface area contributed by atoms with E-state index in [1.807, 2.05) is 0 Å². The number of nitrogens with one attached hydrogen (secondary N) is 2. The summed E-state index contributed by atoms with van der Waals surface area (Å²) in [6.07, 6.45) is 0. The highest BCUT2D eigenvalue weighted by molar-refractivity contribution is 5.82. The van der Waals surface area contributed by atoms with Crippen LogP contribution in [-0.2, 0) is 11.3 Å². The number of urea groups is 1. The van der Waals surface area contributed by atoms with E-state index >= 15 is 0 Å². The average Bonchev–Trinajstić information content (AvgIpc) is 2.42. The number of carbonyl (C=O) groups excluding carboxylic acids is 1. The van der Waals surface area contributed by atoms with Crippen LogP contribution in [0.5, 0.6) is 0 Å². The van der Waals surface area contributed by atoms with Gasteiger partial charge in [0.25, 0.3) is 5.69 Å². The van der Waals surface area contributed by atoms with Gasteiger partial charge in [-0.15, -0.1) is 0 Å². The molecule has 0 saturated heterocycles. The van der Waals surface area contributed by atoms with Crippen LogP contribution in [0.2, 0.25) is 0 Å². The third-order valence-corrected chi connectivity index (χ3v) is 2.85. The molecular formula is C13H17N3O5. The third kappa shape index (κ3) is 4.75. The summed E-state index contributed by atoms with van der Waals surface area (Å²) in [5.41, 5.74) is 0.241. The molecular weight excluding hydrogens is 278 g/mol. The SMILES string of the molecule is CC(C)[C@@H](NC(=O)NCc1ccccc1[N+](=O)[O-])C(=O)O. The minimum absolute atomic E-state index is 0.0621. The van der Waals surface area contributed by atoms with Gasteiger partial charge in [-0.2, -0.15) is 0 Å². The first-order valence-electron chi connectivity index (χ1n) is 6.32. The van der Waals surface area contributed by atoms with Crippen molar-refractivity contribution < 1.29 is 19.6 Å². The van der Waals surface area contributed by atoms with Gasteiger partial charge in [0.05, 0.1) is 11.5 Å². The molecule has 0 unspecified atom stereocenters. The lowest BCUT2D eigenvalue weighted by Crippen LogP contribution is -2.48. The van der Waals surface area contributed by atoms with E-state index in [4.69, 9.17) is 5.11 Å². The summed E-state index contributed by atoms with van der Waals surface area (Å²) in [6, 6.07) is 4.31. The van der Waals surface area contributed by atoms with E-state index in [2.05, 4.69) is 10.6 Å². The number of hydrogen-bond donors (Lipinski definition) is 3. The number of nitro groups is 1. The highest BCUT2D eigenvalue weighted by atomic mass is 16.6. The average molecular weight is 295 g/mol. The number of nitro benzene ring substituents is 1. The zero-order valence-corrected chi connectivity index (χ0v) is 11.7. The molecule has 0 spiro atoms. The van der Waals surface area contributed by atoms with Crippen molar-refractivity contribution >= 4 is 17.7 Å². The van der Waals surface area contributed by atoms with Crippen LogP contribution in [0.4, 0.5) is 10.5 Å². The largest absolute Gasteiger partial charge is 0.480 e. The second-order valence-electron chi connectivity index (χ2n) is 4.77. The fourth-order valence-electron chi connectivity index (χ4n) is 1.72. The first-order chi connectivity index (χ1) is 9.82. The summed E-state index contributed by atoms with van der Waals surface area (Å²) in [5.74, 6) is -1.41. The summed E-state index contributed by atoms with van der Waals surface area (Å²) >= 11 is 0. The third-order valence-electron chi connectivity index (χ3n) is 2.85. The Morgan fingerprint density at radius 1 is 1.33 bits per heavy atom. The zero-order valence-electron chi connectivity index (χ0n) is 11.7. The van der Waals surface area contributed by atoms with Crippen molar-refractivity contribution in [3.05, 3.63) is 39.9 Å². The van der Waals surface area contributed by atoms with Gasteiger partial charge in [0.15, 0.2) is 0 Å². The molecule has 0 aromatic heterocycles. The second-order valence-corrected chi connectivity index (χ2v) is 4.77. The maximum absolute atomic E-state index is 11.7. The predicted molar refractivity (Wildman–Crippen MR) is 74.7 cm³/mol. The topological polar surface area (TPSA) is 122 Å². The summed E-state index contributed by atoms with van der Waals surface area (Å²) in [4.78, 5) is 32.9. The minimum Gasteiger partial charge on any atom is -0.480 e. The molecule has 0 aliphatic carbocycles. The molecule has 1 aromatic carbocycles. The van der Waals surface area contributed by atoms with Gasteiger partial charge >= 0.3 is 12.0 Å². The van der Waals surface area contributed by atoms with Crippen LogP contribution in [0, 0.1) is 16.0 Å². The summed E-state index contributed by atoms with van der Waals surface area (Å²) in [5, 5.41) is 24.5. The minimum atomic E-state index is -1.13. The van der Waals surface area contributed by atoms with E-state index in [-0.39, 0.29) is 18.2 Å². The molecule has 2 amide bonds. The normalized spacial score (nSPS) is 11.8. The molecule has 0 radical (unpaired) electrons. The number of aliphatic carboxylic acids is 1. The van der Waals surface area contributed by atoms with Crippen molar-refractivity contribution in [3.8, 4) is 0 Å². The van der Waals surface area contributed by atoms with E-state index in [1.54, 1.807) is 19.9 Å². The quantitative estimate of drug-likeness (QED) is 0.542. The summed E-state index contributed by atoms with van der Waals surface area (Å²) < 4.78 is 0. The van der Waals surface area contributed by atoms with Crippen LogP contribution >= 0.6 is 0 Å². The van der Waals surface area contributed by atoms with Gasteiger partial charge in [0.2, 0.25) is 0 Å². The van der Waals surface area contributed by atoms with Gasteiger partial charge in [-0.25, -0.2) is 9.59 Å². The maximum atomic E-state index is 11.7. The number of benzene rings is 1. The molecule has 0 aliphatic rings. The highest BCUT2D eigenvalue weighted by Gasteiger charge is 2.23. The molecule has 0 aliphatic heterocycles. The molecule has 8 nitrogen and oxygen atoms in total. The van der Waals surface area contributed by atoms with Gasteiger partial charge in [-0.05, 0) is 5.92 Å². The Balaban J connectivity index is 2.65.